The van der Waals surface area contributed by atoms with Crippen molar-refractivity contribution in [3.63, 3.8) is 0 Å². The molecule has 0 saturated carbocycles. The van der Waals surface area contributed by atoms with Gasteiger partial charge in [0.25, 0.3) is 0 Å². The molecule has 0 spiro atoms. The maximum atomic E-state index is 5.98. The number of nitrogens with zero attached hydrogens (tertiary/aromatic N) is 4. The van der Waals surface area contributed by atoms with Gasteiger partial charge in [-0.25, -0.2) is 0 Å². The van der Waals surface area contributed by atoms with Crippen LogP contribution in [0.4, 0.5) is 17.6 Å². The maximum absolute atomic E-state index is 5.98. The zero-order valence-corrected chi connectivity index (χ0v) is 14.2. The second-order valence-corrected chi connectivity index (χ2v) is 5.51. The van der Waals surface area contributed by atoms with Crippen molar-refractivity contribution in [2.45, 2.75) is 13.8 Å². The number of aromatic nitrogens is 3. The number of para-hydroxylation sites is 1. The van der Waals surface area contributed by atoms with Gasteiger partial charge in [-0.1, -0.05) is 12.1 Å². The monoisotopic (exact) mass is 403 g/mol. The predicted molar refractivity (Wildman–Crippen MR) is 90.8 cm³/mol. The van der Waals surface area contributed by atoms with Crippen molar-refractivity contribution in [1.29, 1.82) is 0 Å². The molecule has 7 heteroatoms. The number of rotatable bonds is 5. The van der Waals surface area contributed by atoms with Gasteiger partial charge in [0.2, 0.25) is 17.2 Å². The molecule has 0 aliphatic rings. The van der Waals surface area contributed by atoms with Crippen LogP contribution in [0.1, 0.15) is 13.8 Å². The highest BCUT2D eigenvalue weighted by Crippen LogP contribution is 2.22. The van der Waals surface area contributed by atoms with Crippen LogP contribution in [0.25, 0.3) is 0 Å². The van der Waals surface area contributed by atoms with Crippen molar-refractivity contribution in [3.8, 4) is 0 Å². The molecule has 106 valence electrons. The molecule has 2 rings (SSSR count). The van der Waals surface area contributed by atoms with E-state index >= 15 is 0 Å². The van der Waals surface area contributed by atoms with Crippen LogP contribution in [0.2, 0.25) is 5.28 Å². The van der Waals surface area contributed by atoms with Crippen LogP contribution in [0.5, 0.6) is 0 Å². The molecular formula is C13H15ClIN5. The van der Waals surface area contributed by atoms with Crippen LogP contribution in [-0.2, 0) is 0 Å². The quantitative estimate of drug-likeness (QED) is 0.771. The molecule has 0 bridgehead atoms. The Morgan fingerprint density at radius 1 is 1.15 bits per heavy atom. The van der Waals surface area contributed by atoms with E-state index < -0.39 is 0 Å². The zero-order chi connectivity index (χ0) is 14.5. The molecule has 5 nitrogen and oxygen atoms in total. The standard InChI is InChI=1S/C13H15ClIN5/c1-3-20(4-2)13-18-11(14)17-12(19-13)16-10-8-6-5-7-9(10)15/h5-8H,3-4H2,1-2H3,(H,16,17,18,19). The lowest BCUT2D eigenvalue weighted by atomic mass is 10.3. The zero-order valence-electron chi connectivity index (χ0n) is 11.3. The van der Waals surface area contributed by atoms with Crippen LogP contribution >= 0.6 is 34.2 Å². The van der Waals surface area contributed by atoms with Gasteiger partial charge >= 0.3 is 0 Å². The van der Waals surface area contributed by atoms with Gasteiger partial charge in [-0.15, -0.1) is 0 Å². The number of halogens is 2. The van der Waals surface area contributed by atoms with Crippen molar-refractivity contribution in [3.05, 3.63) is 33.1 Å². The van der Waals surface area contributed by atoms with Gasteiger partial charge < -0.3 is 10.2 Å². The van der Waals surface area contributed by atoms with Gasteiger partial charge in [0.1, 0.15) is 0 Å². The highest BCUT2D eigenvalue weighted by molar-refractivity contribution is 14.1. The minimum Gasteiger partial charge on any atom is -0.341 e. The Hall–Kier alpha value is -1.15. The van der Waals surface area contributed by atoms with E-state index in [0.29, 0.717) is 11.9 Å². The van der Waals surface area contributed by atoms with Crippen LogP contribution in [0, 0.1) is 3.57 Å². The van der Waals surface area contributed by atoms with Crippen LogP contribution in [0.15, 0.2) is 24.3 Å². The van der Waals surface area contributed by atoms with Gasteiger partial charge in [0.15, 0.2) is 0 Å². The van der Waals surface area contributed by atoms with Crippen molar-refractivity contribution < 1.29 is 0 Å². The summed E-state index contributed by atoms with van der Waals surface area (Å²) in [6, 6.07) is 7.92. The van der Waals surface area contributed by atoms with Crippen molar-refractivity contribution in [1.82, 2.24) is 15.0 Å². The molecule has 0 amide bonds. The van der Waals surface area contributed by atoms with E-state index in [0.717, 1.165) is 22.3 Å². The van der Waals surface area contributed by atoms with Gasteiger partial charge in [0, 0.05) is 16.7 Å². The largest absolute Gasteiger partial charge is 0.341 e. The maximum Gasteiger partial charge on any atom is 0.233 e. The Balaban J connectivity index is 2.31. The summed E-state index contributed by atoms with van der Waals surface area (Å²) in [6.45, 7) is 5.74. The molecule has 0 radical (unpaired) electrons. The highest BCUT2D eigenvalue weighted by atomic mass is 127. The van der Waals surface area contributed by atoms with Crippen LogP contribution in [-0.4, -0.2) is 28.0 Å². The van der Waals surface area contributed by atoms with E-state index in [1.54, 1.807) is 0 Å². The Kier molecular flexibility index (Phi) is 5.36. The topological polar surface area (TPSA) is 53.9 Å². The lowest BCUT2D eigenvalue weighted by Crippen LogP contribution is -2.24. The molecule has 1 aromatic carbocycles. The molecule has 20 heavy (non-hydrogen) atoms. The van der Waals surface area contributed by atoms with Crippen molar-refractivity contribution in [2.75, 3.05) is 23.3 Å². The number of anilines is 3. The third-order valence-corrected chi connectivity index (χ3v) is 3.87. The fraction of sp³-hybridized carbons (Fsp3) is 0.308. The van der Waals surface area contributed by atoms with Gasteiger partial charge in [-0.05, 0) is 60.2 Å². The number of hydrogen-bond donors (Lipinski definition) is 1. The van der Waals surface area contributed by atoms with Crippen molar-refractivity contribution in [2.24, 2.45) is 0 Å². The third-order valence-electron chi connectivity index (χ3n) is 2.76. The fourth-order valence-electron chi connectivity index (χ4n) is 1.73. The van der Waals surface area contributed by atoms with Crippen LogP contribution in [0.3, 0.4) is 0 Å². The van der Waals surface area contributed by atoms with E-state index in [4.69, 9.17) is 11.6 Å². The summed E-state index contributed by atoms with van der Waals surface area (Å²) in [7, 11) is 0. The molecule has 0 aliphatic carbocycles. The Morgan fingerprint density at radius 3 is 2.50 bits per heavy atom. The smallest absolute Gasteiger partial charge is 0.233 e. The van der Waals surface area contributed by atoms with E-state index in [1.807, 2.05) is 29.2 Å². The van der Waals surface area contributed by atoms with E-state index in [-0.39, 0.29) is 5.28 Å². The first-order chi connectivity index (χ1) is 9.63. The lowest BCUT2D eigenvalue weighted by Gasteiger charge is -2.19. The average Bonchev–Trinajstić information content (AvgIpc) is 2.42. The molecule has 0 fully saturated rings. The first-order valence-electron chi connectivity index (χ1n) is 6.32. The molecule has 0 unspecified atom stereocenters. The van der Waals surface area contributed by atoms with Crippen molar-refractivity contribution >= 4 is 51.8 Å². The van der Waals surface area contributed by atoms with E-state index in [1.165, 1.54) is 0 Å². The molecular weight excluding hydrogens is 389 g/mol. The molecule has 0 saturated heterocycles. The van der Waals surface area contributed by atoms with Gasteiger partial charge in [0.05, 0.1) is 5.69 Å². The lowest BCUT2D eigenvalue weighted by molar-refractivity contribution is 0.814. The van der Waals surface area contributed by atoms with Crippen LogP contribution < -0.4 is 10.2 Å². The average molecular weight is 404 g/mol. The van der Waals surface area contributed by atoms with E-state index in [9.17, 15) is 0 Å². The normalized spacial score (nSPS) is 10.4. The summed E-state index contributed by atoms with van der Waals surface area (Å²) in [5, 5.41) is 3.37. The molecule has 2 aromatic rings. The first-order valence-corrected chi connectivity index (χ1v) is 7.77. The summed E-state index contributed by atoms with van der Waals surface area (Å²) in [5.41, 5.74) is 0.945. The van der Waals surface area contributed by atoms with E-state index in [2.05, 4.69) is 56.7 Å². The Bertz CT molecular complexity index is 589. The first kappa shape index (κ1) is 15.2. The second kappa shape index (κ2) is 7.03. The Morgan fingerprint density at radius 2 is 1.85 bits per heavy atom. The number of nitrogens with one attached hydrogen (secondary N) is 1. The van der Waals surface area contributed by atoms with Gasteiger partial charge in [-0.3, -0.25) is 0 Å². The fourth-order valence-corrected chi connectivity index (χ4v) is 2.40. The van der Waals surface area contributed by atoms with Gasteiger partial charge in [-0.2, -0.15) is 15.0 Å². The SMILES string of the molecule is CCN(CC)c1nc(Cl)nc(Nc2ccccc2I)n1. The summed E-state index contributed by atoms with van der Waals surface area (Å²) >= 11 is 8.24. The minimum absolute atomic E-state index is 0.190. The minimum atomic E-state index is 0.190. The predicted octanol–water partition coefficient (Wildman–Crippen LogP) is 3.72. The summed E-state index contributed by atoms with van der Waals surface area (Å²) in [4.78, 5) is 14.7. The highest BCUT2D eigenvalue weighted by Gasteiger charge is 2.10. The second-order valence-electron chi connectivity index (χ2n) is 4.01. The number of hydrogen-bond acceptors (Lipinski definition) is 5. The summed E-state index contributed by atoms with van der Waals surface area (Å²) < 4.78 is 1.09. The molecule has 0 aliphatic heterocycles. The summed E-state index contributed by atoms with van der Waals surface area (Å²) in [5.74, 6) is 1.04. The molecule has 0 atom stereocenters. The molecule has 1 N–H and O–H groups in total. The molecule has 1 aromatic heterocycles. The Labute approximate surface area is 136 Å². The number of benzene rings is 1. The molecule has 1 heterocycles. The third kappa shape index (κ3) is 3.69. The summed E-state index contributed by atoms with van der Waals surface area (Å²) in [6.07, 6.45) is 0.